The van der Waals surface area contributed by atoms with Crippen LogP contribution in [0.25, 0.3) is 0 Å². The lowest BCUT2D eigenvalue weighted by Gasteiger charge is -2.15. The van der Waals surface area contributed by atoms with E-state index >= 15 is 0 Å². The number of ether oxygens (including phenoxy) is 3. The topological polar surface area (TPSA) is 153 Å². The van der Waals surface area contributed by atoms with Gasteiger partial charge in [0.15, 0.2) is 5.25 Å². The van der Waals surface area contributed by atoms with E-state index in [2.05, 4.69) is 35.8 Å². The van der Waals surface area contributed by atoms with Gasteiger partial charge in [0.25, 0.3) is 0 Å². The predicted octanol–water partition coefficient (Wildman–Crippen LogP) is 3.94. The van der Waals surface area contributed by atoms with E-state index in [9.17, 15) is 23.1 Å². The smallest absolute Gasteiger partial charge is 0.328 e. The molecule has 4 N–H and O–H groups in total. The quantitative estimate of drug-likeness (QED) is 0.0639. The minimum Gasteiger partial charge on any atom is -0.466 e. The van der Waals surface area contributed by atoms with Gasteiger partial charge in [0.05, 0.1) is 26.2 Å². The highest BCUT2D eigenvalue weighted by molar-refractivity contribution is 7.88. The Bertz CT molecular complexity index is 771. The molecule has 39 heavy (non-hydrogen) atoms. The fraction of sp³-hybridized carbons (Fsp3) is 0.786. The number of aliphatic hydroxyl groups excluding tert-OH is 1. The Morgan fingerprint density at radius 2 is 1.44 bits per heavy atom. The molecule has 228 valence electrons. The number of hydrogen-bond donors (Lipinski definition) is 2. The van der Waals surface area contributed by atoms with Gasteiger partial charge in [-0.1, -0.05) is 87.2 Å². The second kappa shape index (κ2) is 25.2. The molecule has 10 nitrogen and oxygen atoms in total. The van der Waals surface area contributed by atoms with Gasteiger partial charge in [0.2, 0.25) is 0 Å². The minimum atomic E-state index is -4.50. The highest BCUT2D eigenvalue weighted by Crippen LogP contribution is 2.13. The third kappa shape index (κ3) is 21.7. The largest absolute Gasteiger partial charge is 0.466 e. The van der Waals surface area contributed by atoms with E-state index in [0.717, 1.165) is 32.1 Å². The number of allylic oxidation sites excluding steroid dienone is 2. The van der Waals surface area contributed by atoms with Crippen molar-refractivity contribution in [2.75, 3.05) is 26.4 Å². The predicted molar refractivity (Wildman–Crippen MR) is 150 cm³/mol. The first-order valence-corrected chi connectivity index (χ1v) is 15.8. The van der Waals surface area contributed by atoms with Crippen molar-refractivity contribution in [3.8, 4) is 0 Å². The molecule has 2 unspecified atom stereocenters. The molecule has 0 bridgehead atoms. The highest BCUT2D eigenvalue weighted by Gasteiger charge is 2.39. The molecule has 0 fully saturated rings. The van der Waals surface area contributed by atoms with Crippen LogP contribution in [0.2, 0.25) is 0 Å². The second-order valence-electron chi connectivity index (χ2n) is 9.57. The van der Waals surface area contributed by atoms with E-state index in [1.165, 1.54) is 57.4 Å². The molecule has 0 aliphatic carbocycles. The molecule has 0 saturated carbocycles. The van der Waals surface area contributed by atoms with Gasteiger partial charge in [-0.15, -0.1) is 6.58 Å². The molecule has 0 aliphatic rings. The Hall–Kier alpha value is -1.79. The fourth-order valence-corrected chi connectivity index (χ4v) is 4.55. The Labute approximate surface area is 235 Å². The van der Waals surface area contributed by atoms with Crippen molar-refractivity contribution in [1.29, 1.82) is 0 Å². The summed E-state index contributed by atoms with van der Waals surface area (Å²) in [6, 6.07) is 0. The van der Waals surface area contributed by atoms with E-state index < -0.39 is 46.4 Å². The van der Waals surface area contributed by atoms with Gasteiger partial charge in [-0.25, -0.2) is 0 Å². The third-order valence-electron chi connectivity index (χ3n) is 6.01. The van der Waals surface area contributed by atoms with Crippen molar-refractivity contribution in [3.05, 3.63) is 24.8 Å². The Morgan fingerprint density at radius 1 is 0.872 bits per heavy atom. The first-order valence-electron chi connectivity index (χ1n) is 14.3. The average molecular weight is 579 g/mol. The molecule has 11 heteroatoms. The monoisotopic (exact) mass is 578 g/mol. The molecule has 0 saturated heterocycles. The van der Waals surface area contributed by atoms with Crippen molar-refractivity contribution in [2.24, 2.45) is 0 Å². The van der Waals surface area contributed by atoms with E-state index in [-0.39, 0.29) is 19.8 Å². The zero-order chi connectivity index (χ0) is 29.2. The minimum absolute atomic E-state index is 0.131. The normalized spacial score (nSPS) is 13.3. The highest BCUT2D eigenvalue weighted by atomic mass is 32.2. The van der Waals surface area contributed by atoms with Crippen LogP contribution in [0.5, 0.6) is 0 Å². The first-order chi connectivity index (χ1) is 18.8. The molecule has 0 radical (unpaired) electrons. The zero-order valence-electron chi connectivity index (χ0n) is 23.9. The summed E-state index contributed by atoms with van der Waals surface area (Å²) in [5.41, 5.74) is 0. The molecule has 0 aliphatic heterocycles. The van der Waals surface area contributed by atoms with E-state index in [1.807, 2.05) is 0 Å². The maximum atomic E-state index is 12.3. The van der Waals surface area contributed by atoms with Crippen molar-refractivity contribution in [2.45, 2.75) is 115 Å². The van der Waals surface area contributed by atoms with E-state index in [4.69, 9.17) is 14.2 Å². The Morgan fingerprint density at radius 3 is 2.00 bits per heavy atom. The maximum absolute atomic E-state index is 12.3. The van der Waals surface area contributed by atoms with Crippen molar-refractivity contribution >= 4 is 22.1 Å². The Kier molecular flexibility index (Phi) is 24.0. The molecule has 2 atom stereocenters. The van der Waals surface area contributed by atoms with Gasteiger partial charge in [-0.2, -0.15) is 14.3 Å². The number of aliphatic hydroxyl groups is 1. The number of esters is 2. The summed E-state index contributed by atoms with van der Waals surface area (Å²) < 4.78 is 43.3. The molecular weight excluding hydrogens is 526 g/mol. The van der Waals surface area contributed by atoms with Crippen LogP contribution >= 0.6 is 0 Å². The van der Waals surface area contributed by atoms with Gasteiger partial charge in [-0.3, -0.25) is 9.59 Å². The molecule has 0 heterocycles. The molecule has 0 amide bonds. The van der Waals surface area contributed by atoms with Gasteiger partial charge < -0.3 is 19.3 Å². The summed E-state index contributed by atoms with van der Waals surface area (Å²) in [6.45, 7) is 5.37. The number of carbonyl (C=O) groups excluding carboxylic acids is 2. The van der Waals surface area contributed by atoms with E-state index in [1.54, 1.807) is 0 Å². The summed E-state index contributed by atoms with van der Waals surface area (Å²) >= 11 is 0. The van der Waals surface area contributed by atoms with Crippen LogP contribution in [-0.2, 0) is 38.2 Å². The van der Waals surface area contributed by atoms with Crippen molar-refractivity contribution in [3.63, 3.8) is 0 Å². The van der Waals surface area contributed by atoms with Crippen LogP contribution in [-0.4, -0.2) is 63.2 Å². The fourth-order valence-electron chi connectivity index (χ4n) is 3.74. The van der Waals surface area contributed by atoms with Gasteiger partial charge >= 0.3 is 22.1 Å². The van der Waals surface area contributed by atoms with Gasteiger partial charge in [-0.05, 0) is 32.1 Å². The van der Waals surface area contributed by atoms with Crippen LogP contribution in [0.4, 0.5) is 0 Å². The second-order valence-corrected chi connectivity index (χ2v) is 11.4. The van der Waals surface area contributed by atoms with E-state index in [0.29, 0.717) is 6.42 Å². The summed E-state index contributed by atoms with van der Waals surface area (Å²) in [7, 11) is -4.50. The summed E-state index contributed by atoms with van der Waals surface area (Å²) in [5.74, 6) is 0.732. The maximum Gasteiger partial charge on any atom is 0.328 e. The number of quaternary nitrogens is 1. The summed E-state index contributed by atoms with van der Waals surface area (Å²) in [4.78, 5) is 24.4. The van der Waals surface area contributed by atoms with Crippen LogP contribution in [0.1, 0.15) is 103 Å². The van der Waals surface area contributed by atoms with Gasteiger partial charge in [0.1, 0.15) is 12.7 Å². The molecular formula is C28H52NO9S+. The van der Waals surface area contributed by atoms with Crippen LogP contribution in [0, 0.1) is 0 Å². The molecule has 0 spiro atoms. The average Bonchev–Trinajstić information content (AvgIpc) is 2.92. The zero-order valence-corrected chi connectivity index (χ0v) is 24.7. The van der Waals surface area contributed by atoms with Crippen LogP contribution < -0.4 is 5.90 Å². The van der Waals surface area contributed by atoms with Gasteiger partial charge in [0, 0.05) is 0 Å². The van der Waals surface area contributed by atoms with Crippen LogP contribution in [0.15, 0.2) is 24.8 Å². The lowest BCUT2D eigenvalue weighted by Crippen LogP contribution is -2.54. The number of unbranched alkanes of at least 4 members (excludes halogenated alkanes) is 12. The van der Waals surface area contributed by atoms with Crippen molar-refractivity contribution < 1.29 is 47.5 Å². The molecule has 0 aromatic rings. The SMILES string of the molecule is C=CCOCC(O)COC(=O)C(CC(=O)OCCCCCCCC/C=C/CCCCCCCC)S(=O)(=O)O[NH3+]. The Balaban J connectivity index is 4.01. The van der Waals surface area contributed by atoms with Crippen LogP contribution in [0.3, 0.4) is 0 Å². The summed E-state index contributed by atoms with van der Waals surface area (Å²) in [5, 5.41) is 7.80. The van der Waals surface area contributed by atoms with Crippen molar-refractivity contribution in [1.82, 2.24) is 0 Å². The summed E-state index contributed by atoms with van der Waals surface area (Å²) in [6.07, 6.45) is 20.4. The molecule has 0 aromatic carbocycles. The number of hydrogen-bond acceptors (Lipinski definition) is 9. The molecule has 0 aromatic heterocycles. The molecule has 0 rings (SSSR count). The number of rotatable bonds is 27. The first kappa shape index (κ1) is 37.2. The third-order valence-corrected chi connectivity index (χ3v) is 7.40. The lowest BCUT2D eigenvalue weighted by molar-refractivity contribution is -0.635. The number of carbonyl (C=O) groups is 2. The standard InChI is InChI=1S/C28H52NO9S/c1-3-5-6-7-8-9-10-11-12-13-14-15-16-17-18-19-21-36-27(31)22-26(39(33,34)38-29)28(32)37-24-25(30)23-35-20-4-2/h4,11-12,25-26,30H,2-3,5-10,13-24H2,1,29H3/q+1/b12-11+. The lowest BCUT2D eigenvalue weighted by atomic mass is 10.1.